The summed E-state index contributed by atoms with van der Waals surface area (Å²) < 4.78 is 21.6. The van der Waals surface area contributed by atoms with Crippen molar-refractivity contribution in [3.63, 3.8) is 0 Å². The van der Waals surface area contributed by atoms with E-state index in [1.165, 1.54) is 31.9 Å². The zero-order valence-electron chi connectivity index (χ0n) is 15.0. The van der Waals surface area contributed by atoms with Crippen LogP contribution in [-0.4, -0.2) is 64.3 Å². The molecule has 0 unspecified atom stereocenters. The second-order valence-electron chi connectivity index (χ2n) is 5.27. The van der Waals surface area contributed by atoms with E-state index in [0.717, 1.165) is 6.40 Å². The van der Waals surface area contributed by atoms with Crippen LogP contribution < -0.4 is 5.56 Å². The number of carbonyl (C=O) groups excluding carboxylic acids is 2. The van der Waals surface area contributed by atoms with Gasteiger partial charge in [-0.1, -0.05) is 0 Å². The van der Waals surface area contributed by atoms with Gasteiger partial charge >= 0.3 is 11.9 Å². The number of rotatable bonds is 9. The van der Waals surface area contributed by atoms with Crippen molar-refractivity contribution in [3.8, 4) is 0 Å². The monoisotopic (exact) mass is 381 g/mol. The Bertz CT molecular complexity index is 870. The molecule has 2 heterocycles. The highest BCUT2D eigenvalue weighted by molar-refractivity contribution is 5.70. The predicted octanol–water partition coefficient (Wildman–Crippen LogP) is -0.105. The summed E-state index contributed by atoms with van der Waals surface area (Å²) in [5, 5.41) is 0. The van der Waals surface area contributed by atoms with Crippen molar-refractivity contribution in [1.82, 2.24) is 19.5 Å². The summed E-state index contributed by atoms with van der Waals surface area (Å²) in [6, 6.07) is 0. The van der Waals surface area contributed by atoms with Crippen molar-refractivity contribution in [3.05, 3.63) is 16.7 Å². The molecule has 0 spiro atoms. The maximum Gasteiger partial charge on any atom is 0.302 e. The van der Waals surface area contributed by atoms with Crippen LogP contribution in [0.3, 0.4) is 0 Å². The van der Waals surface area contributed by atoms with Crippen LogP contribution in [0.2, 0.25) is 0 Å². The third-order valence-electron chi connectivity index (χ3n) is 3.14. The molecule has 0 amide bonds. The Morgan fingerprint density at radius 2 is 1.96 bits per heavy atom. The lowest BCUT2D eigenvalue weighted by molar-refractivity contribution is -0.154. The molecule has 27 heavy (non-hydrogen) atoms. The van der Waals surface area contributed by atoms with E-state index in [0.29, 0.717) is 0 Å². The number of hydrogen-bond donors (Lipinski definition) is 1. The number of methoxy groups -OCH3 is 1. The Morgan fingerprint density at radius 3 is 2.56 bits per heavy atom. The molecule has 12 nitrogen and oxygen atoms in total. The van der Waals surface area contributed by atoms with Gasteiger partial charge in [-0.3, -0.25) is 23.9 Å². The minimum atomic E-state index is -0.705. The average molecular weight is 381 g/mol. The first-order valence-electron chi connectivity index (χ1n) is 7.79. The van der Waals surface area contributed by atoms with Gasteiger partial charge in [0.05, 0.1) is 13.4 Å². The average Bonchev–Trinajstić information content (AvgIpc) is 3.02. The fraction of sp³-hybridized carbons (Fsp3) is 0.467. The van der Waals surface area contributed by atoms with Crippen LogP contribution in [0, 0.1) is 0 Å². The van der Waals surface area contributed by atoms with Crippen molar-refractivity contribution in [2.24, 2.45) is 4.99 Å². The number of carbonyl (C=O) groups is 2. The number of H-pyrrole nitrogens is 1. The first-order valence-corrected chi connectivity index (χ1v) is 7.79. The number of aliphatic imine (C=N–C) groups is 1. The first-order chi connectivity index (χ1) is 12.9. The fourth-order valence-corrected chi connectivity index (χ4v) is 1.95. The number of ether oxygens (including phenoxy) is 4. The largest absolute Gasteiger partial charge is 0.486 e. The maximum atomic E-state index is 12.0. The molecule has 12 heteroatoms. The molecule has 0 aliphatic heterocycles. The number of fused-ring (bicyclic) bond motifs is 1. The number of esters is 2. The second-order valence-corrected chi connectivity index (χ2v) is 5.27. The van der Waals surface area contributed by atoms with E-state index in [9.17, 15) is 14.4 Å². The van der Waals surface area contributed by atoms with Crippen molar-refractivity contribution in [2.75, 3.05) is 20.3 Å². The molecular formula is C15H19N5O7. The van der Waals surface area contributed by atoms with Gasteiger partial charge in [0, 0.05) is 13.8 Å². The normalized spacial score (nSPS) is 11.3. The van der Waals surface area contributed by atoms with Crippen LogP contribution in [0.15, 0.2) is 16.1 Å². The smallest absolute Gasteiger partial charge is 0.302 e. The van der Waals surface area contributed by atoms with Crippen LogP contribution in [0.5, 0.6) is 0 Å². The van der Waals surface area contributed by atoms with E-state index in [1.54, 1.807) is 0 Å². The third kappa shape index (κ3) is 5.88. The molecule has 0 aliphatic carbocycles. The van der Waals surface area contributed by atoms with Crippen molar-refractivity contribution < 1.29 is 28.5 Å². The summed E-state index contributed by atoms with van der Waals surface area (Å²) in [6.07, 6.45) is 1.78. The zero-order valence-corrected chi connectivity index (χ0v) is 15.0. The summed E-state index contributed by atoms with van der Waals surface area (Å²) in [5.41, 5.74) is -0.134. The second kappa shape index (κ2) is 9.43. The molecule has 146 valence electrons. The molecule has 0 aromatic carbocycles. The van der Waals surface area contributed by atoms with Gasteiger partial charge in [0.1, 0.15) is 26.0 Å². The molecule has 0 aliphatic rings. The number of aromatic amines is 1. The van der Waals surface area contributed by atoms with Crippen LogP contribution in [0.1, 0.15) is 13.8 Å². The number of imidazole rings is 1. The Morgan fingerprint density at radius 1 is 1.30 bits per heavy atom. The maximum absolute atomic E-state index is 12.0. The molecule has 0 radical (unpaired) electrons. The standard InChI is InChI=1S/C15H19N5O7/c1-9(21)25-4-11(5-26-10(2)22)27-8-20-6-16-12-13(20)18-15(17-7-24-3)19-14(12)23/h6-7,11H,4-5,8H2,1-3H3,(H,18,19,23)/b17-7-. The molecule has 1 N–H and O–H groups in total. The molecule has 0 saturated heterocycles. The highest BCUT2D eigenvalue weighted by Gasteiger charge is 2.16. The summed E-state index contributed by atoms with van der Waals surface area (Å²) >= 11 is 0. The number of aromatic nitrogens is 4. The molecule has 2 rings (SSSR count). The molecule has 0 saturated carbocycles. The number of nitrogens with zero attached hydrogens (tertiary/aromatic N) is 4. The van der Waals surface area contributed by atoms with Crippen LogP contribution in [-0.2, 0) is 35.3 Å². The van der Waals surface area contributed by atoms with Crippen molar-refractivity contribution >= 4 is 35.5 Å². The van der Waals surface area contributed by atoms with E-state index in [1.807, 2.05) is 0 Å². The molecule has 0 atom stereocenters. The van der Waals surface area contributed by atoms with E-state index in [2.05, 4.69) is 19.9 Å². The highest BCUT2D eigenvalue weighted by Crippen LogP contribution is 2.10. The van der Waals surface area contributed by atoms with E-state index in [-0.39, 0.29) is 37.1 Å². The van der Waals surface area contributed by atoms with Crippen LogP contribution in [0.25, 0.3) is 11.2 Å². The van der Waals surface area contributed by atoms with Gasteiger partial charge in [0.2, 0.25) is 5.95 Å². The lowest BCUT2D eigenvalue weighted by Gasteiger charge is -2.17. The van der Waals surface area contributed by atoms with Crippen LogP contribution in [0.4, 0.5) is 5.95 Å². The van der Waals surface area contributed by atoms with Crippen LogP contribution >= 0.6 is 0 Å². The van der Waals surface area contributed by atoms with E-state index in [4.69, 9.17) is 18.9 Å². The van der Waals surface area contributed by atoms with Crippen molar-refractivity contribution in [2.45, 2.75) is 26.7 Å². The van der Waals surface area contributed by atoms with E-state index < -0.39 is 23.6 Å². The topological polar surface area (TPSA) is 147 Å². The van der Waals surface area contributed by atoms with Gasteiger partial charge in [-0.25, -0.2) is 4.98 Å². The van der Waals surface area contributed by atoms with Gasteiger partial charge in [0.25, 0.3) is 5.56 Å². The SMILES string of the molecule is CO/C=N\c1nc2c(ncn2COC(COC(C)=O)COC(C)=O)c(=O)[nH]1. The number of nitrogens with one attached hydrogen (secondary N) is 1. The van der Waals surface area contributed by atoms with Gasteiger partial charge < -0.3 is 18.9 Å². The summed E-state index contributed by atoms with van der Waals surface area (Å²) in [5.74, 6) is -0.950. The van der Waals surface area contributed by atoms with Gasteiger partial charge in [-0.15, -0.1) is 0 Å². The zero-order chi connectivity index (χ0) is 19.8. The third-order valence-corrected chi connectivity index (χ3v) is 3.14. The first kappa shape index (κ1) is 20.0. The Balaban J connectivity index is 2.15. The quantitative estimate of drug-likeness (QED) is 0.357. The minimum Gasteiger partial charge on any atom is -0.486 e. The Labute approximate surface area is 153 Å². The molecule has 2 aromatic rings. The predicted molar refractivity (Wildman–Crippen MR) is 91.4 cm³/mol. The Kier molecular flexibility index (Phi) is 7.00. The molecule has 0 bridgehead atoms. The summed E-state index contributed by atoms with van der Waals surface area (Å²) in [7, 11) is 1.41. The number of hydrogen-bond acceptors (Lipinski definition) is 10. The highest BCUT2D eigenvalue weighted by atomic mass is 16.6. The van der Waals surface area contributed by atoms with Crippen molar-refractivity contribution in [1.29, 1.82) is 0 Å². The fourth-order valence-electron chi connectivity index (χ4n) is 1.95. The molecule has 2 aromatic heterocycles. The summed E-state index contributed by atoms with van der Waals surface area (Å²) in [6.45, 7) is 2.22. The van der Waals surface area contributed by atoms with Gasteiger partial charge in [-0.2, -0.15) is 9.98 Å². The molecule has 0 fully saturated rings. The minimum absolute atomic E-state index is 0.0347. The molecular weight excluding hydrogens is 362 g/mol. The lowest BCUT2D eigenvalue weighted by Crippen LogP contribution is -2.28. The van der Waals surface area contributed by atoms with Gasteiger partial charge in [0.15, 0.2) is 17.6 Å². The van der Waals surface area contributed by atoms with E-state index >= 15 is 0 Å². The van der Waals surface area contributed by atoms with Gasteiger partial charge in [-0.05, 0) is 0 Å². The Hall–Kier alpha value is -3.28. The summed E-state index contributed by atoms with van der Waals surface area (Å²) in [4.78, 5) is 48.4. The lowest BCUT2D eigenvalue weighted by atomic mass is 10.4.